The first kappa shape index (κ1) is 11.1. The molecule has 16 heavy (non-hydrogen) atoms. The second-order valence-corrected chi connectivity index (χ2v) is 4.39. The lowest BCUT2D eigenvalue weighted by atomic mass is 10.1. The van der Waals surface area contributed by atoms with E-state index in [9.17, 15) is 0 Å². The van der Waals surface area contributed by atoms with Crippen molar-refractivity contribution in [3.05, 3.63) is 11.9 Å². The molecule has 1 aromatic heterocycles. The first-order valence-corrected chi connectivity index (χ1v) is 5.76. The minimum Gasteiger partial charge on any atom is -0.368 e. The molecule has 0 unspecified atom stereocenters. The highest BCUT2D eigenvalue weighted by Gasteiger charge is 2.17. The number of anilines is 2. The van der Waals surface area contributed by atoms with Crippen molar-refractivity contribution in [1.29, 1.82) is 0 Å². The maximum absolute atomic E-state index is 5.64. The van der Waals surface area contributed by atoms with Crippen LogP contribution in [0.3, 0.4) is 0 Å². The SMILES string of the molecule is CC(C)c1nc(N)ncc1N1CCNCC1. The van der Waals surface area contributed by atoms with Crippen molar-refractivity contribution in [3.63, 3.8) is 0 Å². The van der Waals surface area contributed by atoms with Crippen LogP contribution in [0.1, 0.15) is 25.5 Å². The summed E-state index contributed by atoms with van der Waals surface area (Å²) in [5.41, 5.74) is 7.82. The predicted octanol–water partition coefficient (Wildman–Crippen LogP) is 0.592. The molecule has 1 aromatic rings. The Morgan fingerprint density at radius 1 is 1.38 bits per heavy atom. The lowest BCUT2D eigenvalue weighted by Gasteiger charge is -2.31. The van der Waals surface area contributed by atoms with Crippen molar-refractivity contribution in [2.75, 3.05) is 36.8 Å². The van der Waals surface area contributed by atoms with Gasteiger partial charge in [-0.15, -0.1) is 0 Å². The van der Waals surface area contributed by atoms with E-state index in [-0.39, 0.29) is 0 Å². The van der Waals surface area contributed by atoms with Gasteiger partial charge in [0.1, 0.15) is 0 Å². The van der Waals surface area contributed by atoms with Crippen molar-refractivity contribution < 1.29 is 0 Å². The minimum absolute atomic E-state index is 0.364. The molecule has 0 atom stereocenters. The number of aromatic nitrogens is 2. The number of hydrogen-bond acceptors (Lipinski definition) is 5. The Hall–Kier alpha value is -1.36. The number of nitrogens with two attached hydrogens (primary N) is 1. The van der Waals surface area contributed by atoms with Crippen LogP contribution in [-0.2, 0) is 0 Å². The Bertz CT molecular complexity index is 357. The first-order chi connectivity index (χ1) is 7.68. The molecule has 5 nitrogen and oxygen atoms in total. The van der Waals surface area contributed by atoms with Gasteiger partial charge < -0.3 is 16.0 Å². The molecule has 1 saturated heterocycles. The zero-order chi connectivity index (χ0) is 11.5. The van der Waals surface area contributed by atoms with Crippen molar-refractivity contribution in [1.82, 2.24) is 15.3 Å². The maximum atomic E-state index is 5.64. The monoisotopic (exact) mass is 221 g/mol. The van der Waals surface area contributed by atoms with Crippen molar-refractivity contribution in [2.24, 2.45) is 0 Å². The molecular weight excluding hydrogens is 202 g/mol. The van der Waals surface area contributed by atoms with E-state index in [1.165, 1.54) is 0 Å². The molecule has 0 aliphatic carbocycles. The van der Waals surface area contributed by atoms with Crippen LogP contribution < -0.4 is 16.0 Å². The molecule has 1 aliphatic heterocycles. The molecule has 0 bridgehead atoms. The molecule has 1 aliphatic rings. The molecule has 2 rings (SSSR count). The van der Waals surface area contributed by atoms with Crippen LogP contribution in [0.15, 0.2) is 6.20 Å². The van der Waals surface area contributed by atoms with Gasteiger partial charge in [0.25, 0.3) is 0 Å². The number of nitrogens with zero attached hydrogens (tertiary/aromatic N) is 3. The van der Waals surface area contributed by atoms with Crippen molar-refractivity contribution in [2.45, 2.75) is 19.8 Å². The molecule has 0 radical (unpaired) electrons. The average Bonchev–Trinajstić information content (AvgIpc) is 2.30. The van der Waals surface area contributed by atoms with E-state index in [1.54, 1.807) is 0 Å². The summed E-state index contributed by atoms with van der Waals surface area (Å²) in [6, 6.07) is 0. The molecule has 2 heterocycles. The van der Waals surface area contributed by atoms with Gasteiger partial charge in [-0.3, -0.25) is 0 Å². The Morgan fingerprint density at radius 3 is 2.69 bits per heavy atom. The Balaban J connectivity index is 2.31. The fourth-order valence-corrected chi connectivity index (χ4v) is 1.98. The fraction of sp³-hybridized carbons (Fsp3) is 0.636. The molecule has 0 saturated carbocycles. The summed E-state index contributed by atoms with van der Waals surface area (Å²) in [5, 5.41) is 3.34. The summed E-state index contributed by atoms with van der Waals surface area (Å²) in [5.74, 6) is 0.734. The summed E-state index contributed by atoms with van der Waals surface area (Å²) in [7, 11) is 0. The second kappa shape index (κ2) is 4.65. The van der Waals surface area contributed by atoms with Crippen LogP contribution in [0.5, 0.6) is 0 Å². The van der Waals surface area contributed by atoms with E-state index in [1.807, 2.05) is 6.20 Å². The van der Waals surface area contributed by atoms with Gasteiger partial charge in [-0.2, -0.15) is 0 Å². The third kappa shape index (κ3) is 2.24. The predicted molar refractivity (Wildman–Crippen MR) is 65.6 cm³/mol. The third-order valence-corrected chi connectivity index (χ3v) is 2.82. The summed E-state index contributed by atoms with van der Waals surface area (Å²) < 4.78 is 0. The Morgan fingerprint density at radius 2 is 2.06 bits per heavy atom. The van der Waals surface area contributed by atoms with E-state index < -0.39 is 0 Å². The summed E-state index contributed by atoms with van der Waals surface area (Å²) in [6.07, 6.45) is 1.85. The van der Waals surface area contributed by atoms with Crippen LogP contribution in [0.25, 0.3) is 0 Å². The lowest BCUT2D eigenvalue weighted by molar-refractivity contribution is 0.584. The molecule has 0 spiro atoms. The number of rotatable bonds is 2. The summed E-state index contributed by atoms with van der Waals surface area (Å²) >= 11 is 0. The van der Waals surface area contributed by atoms with Gasteiger partial charge >= 0.3 is 0 Å². The zero-order valence-electron chi connectivity index (χ0n) is 9.90. The van der Waals surface area contributed by atoms with Crippen LogP contribution >= 0.6 is 0 Å². The van der Waals surface area contributed by atoms with Crippen molar-refractivity contribution in [3.8, 4) is 0 Å². The Labute approximate surface area is 96.1 Å². The smallest absolute Gasteiger partial charge is 0.220 e. The number of nitrogens with one attached hydrogen (secondary N) is 1. The van der Waals surface area contributed by atoms with Gasteiger partial charge in [0.15, 0.2) is 0 Å². The molecular formula is C11H19N5. The Kier molecular flexibility index (Phi) is 3.24. The van der Waals surface area contributed by atoms with Gasteiger partial charge in [0, 0.05) is 26.2 Å². The number of nitrogen functional groups attached to an aromatic ring is 1. The van der Waals surface area contributed by atoms with Crippen LogP contribution in [0.2, 0.25) is 0 Å². The zero-order valence-corrected chi connectivity index (χ0v) is 9.90. The third-order valence-electron chi connectivity index (χ3n) is 2.82. The molecule has 1 fully saturated rings. The highest BCUT2D eigenvalue weighted by molar-refractivity contribution is 5.52. The highest BCUT2D eigenvalue weighted by Crippen LogP contribution is 2.25. The van der Waals surface area contributed by atoms with Gasteiger partial charge in [0.2, 0.25) is 5.95 Å². The lowest BCUT2D eigenvalue weighted by Crippen LogP contribution is -2.44. The number of piperazine rings is 1. The standard InChI is InChI=1S/C11H19N5/c1-8(2)10-9(7-14-11(12)15-10)16-5-3-13-4-6-16/h7-8,13H,3-6H2,1-2H3,(H2,12,14,15). The number of hydrogen-bond donors (Lipinski definition) is 2. The van der Waals surface area contributed by atoms with Crippen molar-refractivity contribution >= 4 is 11.6 Å². The topological polar surface area (TPSA) is 67.1 Å². The molecule has 5 heteroatoms. The molecule has 3 N–H and O–H groups in total. The normalized spacial score (nSPS) is 16.8. The van der Waals surface area contributed by atoms with Crippen LogP contribution in [-0.4, -0.2) is 36.1 Å². The van der Waals surface area contributed by atoms with Crippen LogP contribution in [0.4, 0.5) is 11.6 Å². The maximum Gasteiger partial charge on any atom is 0.220 e. The van der Waals surface area contributed by atoms with Gasteiger partial charge in [-0.05, 0) is 5.92 Å². The van der Waals surface area contributed by atoms with Gasteiger partial charge in [-0.25, -0.2) is 9.97 Å². The van der Waals surface area contributed by atoms with E-state index in [0.29, 0.717) is 11.9 Å². The molecule has 0 aromatic carbocycles. The minimum atomic E-state index is 0.364. The van der Waals surface area contributed by atoms with E-state index >= 15 is 0 Å². The van der Waals surface area contributed by atoms with Gasteiger partial charge in [-0.1, -0.05) is 13.8 Å². The highest BCUT2D eigenvalue weighted by atomic mass is 15.2. The average molecular weight is 221 g/mol. The van der Waals surface area contributed by atoms with E-state index in [2.05, 4.69) is 34.0 Å². The fourth-order valence-electron chi connectivity index (χ4n) is 1.98. The quantitative estimate of drug-likeness (QED) is 0.765. The van der Waals surface area contributed by atoms with E-state index in [0.717, 1.165) is 37.6 Å². The summed E-state index contributed by atoms with van der Waals surface area (Å²) in [4.78, 5) is 10.8. The van der Waals surface area contributed by atoms with E-state index in [4.69, 9.17) is 5.73 Å². The first-order valence-electron chi connectivity index (χ1n) is 5.76. The molecule has 88 valence electrons. The largest absolute Gasteiger partial charge is 0.368 e. The van der Waals surface area contributed by atoms with Crippen LogP contribution in [0, 0.1) is 0 Å². The van der Waals surface area contributed by atoms with Gasteiger partial charge in [0.05, 0.1) is 17.6 Å². The molecule has 0 amide bonds. The summed E-state index contributed by atoms with van der Waals surface area (Å²) in [6.45, 7) is 8.31. The second-order valence-electron chi connectivity index (χ2n) is 4.39.